The zero-order chi connectivity index (χ0) is 17.4. The molecular formula is C21H24N2O2. The van der Waals surface area contributed by atoms with Gasteiger partial charge in [-0.15, -0.1) is 0 Å². The van der Waals surface area contributed by atoms with Gasteiger partial charge in [-0.2, -0.15) is 0 Å². The van der Waals surface area contributed by atoms with Crippen molar-refractivity contribution in [3.8, 4) is 0 Å². The second-order valence-corrected chi connectivity index (χ2v) is 7.02. The molecule has 0 radical (unpaired) electrons. The fourth-order valence-electron chi connectivity index (χ4n) is 4.06. The molecular weight excluding hydrogens is 312 g/mol. The van der Waals surface area contributed by atoms with E-state index >= 15 is 0 Å². The molecule has 0 aromatic heterocycles. The van der Waals surface area contributed by atoms with E-state index in [1.807, 2.05) is 18.2 Å². The van der Waals surface area contributed by atoms with Gasteiger partial charge < -0.3 is 4.90 Å². The molecule has 2 aliphatic rings. The van der Waals surface area contributed by atoms with Crippen molar-refractivity contribution < 1.29 is 9.59 Å². The van der Waals surface area contributed by atoms with Crippen LogP contribution in [0.15, 0.2) is 30.3 Å². The number of imide groups is 1. The molecule has 0 N–H and O–H groups in total. The van der Waals surface area contributed by atoms with Crippen LogP contribution in [0.1, 0.15) is 59.7 Å². The predicted molar refractivity (Wildman–Crippen MR) is 100 cm³/mol. The molecule has 0 saturated carbocycles. The van der Waals surface area contributed by atoms with Crippen LogP contribution in [-0.4, -0.2) is 36.3 Å². The maximum absolute atomic E-state index is 12.9. The van der Waals surface area contributed by atoms with Crippen LogP contribution in [-0.2, 0) is 0 Å². The molecule has 4 heteroatoms. The number of carbonyl (C=O) groups is 2. The molecule has 0 unspecified atom stereocenters. The number of piperidine rings is 1. The van der Waals surface area contributed by atoms with Gasteiger partial charge in [0.25, 0.3) is 11.8 Å². The lowest BCUT2D eigenvalue weighted by Gasteiger charge is -2.32. The summed E-state index contributed by atoms with van der Waals surface area (Å²) in [5, 5.41) is 1.88. The summed E-state index contributed by atoms with van der Waals surface area (Å²) in [7, 11) is 0. The van der Waals surface area contributed by atoms with Gasteiger partial charge in [0.1, 0.15) is 0 Å². The number of carbonyl (C=O) groups excluding carboxylic acids is 2. The quantitative estimate of drug-likeness (QED) is 0.785. The summed E-state index contributed by atoms with van der Waals surface area (Å²) >= 11 is 0. The van der Waals surface area contributed by atoms with E-state index in [0.717, 1.165) is 42.4 Å². The first-order chi connectivity index (χ1) is 12.2. The molecule has 2 aromatic rings. The zero-order valence-corrected chi connectivity index (χ0v) is 14.8. The van der Waals surface area contributed by atoms with Crippen LogP contribution in [0.4, 0.5) is 5.69 Å². The van der Waals surface area contributed by atoms with Gasteiger partial charge in [0, 0.05) is 47.2 Å². The molecule has 2 aromatic carbocycles. The number of hydrogen-bond donors (Lipinski definition) is 0. The fourth-order valence-corrected chi connectivity index (χ4v) is 4.06. The predicted octanol–water partition coefficient (Wildman–Crippen LogP) is 4.23. The Morgan fingerprint density at radius 2 is 1.64 bits per heavy atom. The molecule has 0 aliphatic carbocycles. The molecule has 0 bridgehead atoms. The molecule has 2 amide bonds. The minimum absolute atomic E-state index is 0.146. The summed E-state index contributed by atoms with van der Waals surface area (Å²) in [4.78, 5) is 29.6. The number of benzene rings is 2. The van der Waals surface area contributed by atoms with Crippen molar-refractivity contribution in [1.29, 1.82) is 0 Å². The standard InChI is InChI=1S/C21H24N2O2/c1-2-3-14-23-20(24)16-9-7-8-15-18(22-12-5-4-6-13-22)11-10-17(19(15)16)21(23)25/h7-11H,2-6,12-14H2,1H3. The molecule has 1 saturated heterocycles. The molecule has 25 heavy (non-hydrogen) atoms. The molecule has 2 heterocycles. The van der Waals surface area contributed by atoms with Crippen LogP contribution in [0.5, 0.6) is 0 Å². The highest BCUT2D eigenvalue weighted by atomic mass is 16.2. The summed E-state index contributed by atoms with van der Waals surface area (Å²) in [6.07, 6.45) is 5.48. The summed E-state index contributed by atoms with van der Waals surface area (Å²) in [5.41, 5.74) is 2.49. The molecule has 0 spiro atoms. The van der Waals surface area contributed by atoms with Crippen LogP contribution in [0.2, 0.25) is 0 Å². The molecule has 4 rings (SSSR count). The van der Waals surface area contributed by atoms with Crippen molar-refractivity contribution in [1.82, 2.24) is 4.90 Å². The highest BCUT2D eigenvalue weighted by Gasteiger charge is 2.33. The van der Waals surface area contributed by atoms with Gasteiger partial charge in [-0.25, -0.2) is 0 Å². The summed E-state index contributed by atoms with van der Waals surface area (Å²) in [6, 6.07) is 9.84. The highest BCUT2D eigenvalue weighted by Crippen LogP contribution is 2.36. The summed E-state index contributed by atoms with van der Waals surface area (Å²) in [5.74, 6) is -0.292. The molecule has 4 nitrogen and oxygen atoms in total. The van der Waals surface area contributed by atoms with E-state index in [2.05, 4.69) is 24.0 Å². The van der Waals surface area contributed by atoms with Gasteiger partial charge in [0.15, 0.2) is 0 Å². The van der Waals surface area contributed by atoms with Crippen molar-refractivity contribution in [2.75, 3.05) is 24.5 Å². The van der Waals surface area contributed by atoms with Crippen molar-refractivity contribution >= 4 is 28.3 Å². The second-order valence-electron chi connectivity index (χ2n) is 7.02. The van der Waals surface area contributed by atoms with Crippen LogP contribution in [0.25, 0.3) is 10.8 Å². The Kier molecular flexibility index (Phi) is 4.20. The van der Waals surface area contributed by atoms with E-state index in [0.29, 0.717) is 17.7 Å². The Hall–Kier alpha value is -2.36. The van der Waals surface area contributed by atoms with Gasteiger partial charge >= 0.3 is 0 Å². The number of unbranched alkanes of at least 4 members (excludes halogenated alkanes) is 1. The van der Waals surface area contributed by atoms with E-state index in [1.165, 1.54) is 24.2 Å². The minimum Gasteiger partial charge on any atom is -0.371 e. The van der Waals surface area contributed by atoms with E-state index in [4.69, 9.17) is 0 Å². The summed E-state index contributed by atoms with van der Waals surface area (Å²) < 4.78 is 0. The van der Waals surface area contributed by atoms with Gasteiger partial charge in [-0.1, -0.05) is 25.5 Å². The van der Waals surface area contributed by atoms with Gasteiger partial charge in [-0.3, -0.25) is 14.5 Å². The van der Waals surface area contributed by atoms with Crippen molar-refractivity contribution in [3.05, 3.63) is 41.5 Å². The van der Waals surface area contributed by atoms with Crippen LogP contribution >= 0.6 is 0 Å². The van der Waals surface area contributed by atoms with E-state index in [-0.39, 0.29) is 11.8 Å². The van der Waals surface area contributed by atoms with Crippen LogP contribution in [0.3, 0.4) is 0 Å². The Balaban J connectivity index is 1.85. The van der Waals surface area contributed by atoms with Crippen molar-refractivity contribution in [3.63, 3.8) is 0 Å². The summed E-state index contributed by atoms with van der Waals surface area (Å²) in [6.45, 7) is 4.66. The Morgan fingerprint density at radius 1 is 0.920 bits per heavy atom. The SMILES string of the molecule is CCCCN1C(=O)c2cccc3c(N4CCCCC4)ccc(c23)C1=O. The topological polar surface area (TPSA) is 40.6 Å². The maximum Gasteiger partial charge on any atom is 0.261 e. The van der Waals surface area contributed by atoms with E-state index < -0.39 is 0 Å². The number of hydrogen-bond acceptors (Lipinski definition) is 3. The Bertz CT molecular complexity index is 815. The van der Waals surface area contributed by atoms with E-state index in [9.17, 15) is 9.59 Å². The van der Waals surface area contributed by atoms with Gasteiger partial charge in [0.05, 0.1) is 0 Å². The minimum atomic E-state index is -0.146. The largest absolute Gasteiger partial charge is 0.371 e. The first-order valence-corrected chi connectivity index (χ1v) is 9.39. The third-order valence-electron chi connectivity index (χ3n) is 5.40. The molecule has 1 fully saturated rings. The van der Waals surface area contributed by atoms with Gasteiger partial charge in [-0.05, 0) is 43.9 Å². The molecule has 130 valence electrons. The van der Waals surface area contributed by atoms with Crippen molar-refractivity contribution in [2.45, 2.75) is 39.0 Å². The number of amides is 2. The third kappa shape index (κ3) is 2.60. The average Bonchev–Trinajstić information content (AvgIpc) is 2.66. The maximum atomic E-state index is 12.9. The number of nitrogens with zero attached hydrogens (tertiary/aromatic N) is 2. The fraction of sp³-hybridized carbons (Fsp3) is 0.429. The average molecular weight is 336 g/mol. The molecule has 0 atom stereocenters. The van der Waals surface area contributed by atoms with Crippen molar-refractivity contribution in [2.24, 2.45) is 0 Å². The van der Waals surface area contributed by atoms with E-state index in [1.54, 1.807) is 0 Å². The smallest absolute Gasteiger partial charge is 0.261 e. The molecule has 2 aliphatic heterocycles. The lowest BCUT2D eigenvalue weighted by Crippen LogP contribution is -2.41. The first kappa shape index (κ1) is 16.1. The normalized spacial score (nSPS) is 17.5. The highest BCUT2D eigenvalue weighted by molar-refractivity contribution is 6.26. The first-order valence-electron chi connectivity index (χ1n) is 9.39. The van der Waals surface area contributed by atoms with Crippen LogP contribution in [0, 0.1) is 0 Å². The second kappa shape index (κ2) is 6.51. The Labute approximate surface area is 148 Å². The third-order valence-corrected chi connectivity index (χ3v) is 5.40. The van der Waals surface area contributed by atoms with Crippen LogP contribution < -0.4 is 4.90 Å². The lowest BCUT2D eigenvalue weighted by molar-refractivity contribution is 0.0608. The number of rotatable bonds is 4. The number of anilines is 1. The Morgan fingerprint density at radius 3 is 2.36 bits per heavy atom. The zero-order valence-electron chi connectivity index (χ0n) is 14.8. The van der Waals surface area contributed by atoms with Gasteiger partial charge in [0.2, 0.25) is 0 Å². The monoisotopic (exact) mass is 336 g/mol. The lowest BCUT2D eigenvalue weighted by atomic mass is 9.92.